The Hall–Kier alpha value is -1.35. The van der Waals surface area contributed by atoms with Gasteiger partial charge in [-0.15, -0.1) is 0 Å². The minimum absolute atomic E-state index is 0.171. The van der Waals surface area contributed by atoms with Gasteiger partial charge < -0.3 is 34.3 Å². The number of hydrogen-bond donors (Lipinski definition) is 4. The molecule has 12 nitrogen and oxygen atoms in total. The zero-order chi connectivity index (χ0) is 37.0. The number of carbonyl (C=O) groups excluding carboxylic acids is 2. The highest BCUT2D eigenvalue weighted by atomic mass is 32.2. The van der Waals surface area contributed by atoms with Gasteiger partial charge in [0.1, 0.15) is 36.8 Å². The van der Waals surface area contributed by atoms with Gasteiger partial charge in [0.2, 0.25) is 0 Å². The molecule has 296 valence electrons. The summed E-state index contributed by atoms with van der Waals surface area (Å²) in [5.74, 6) is -1.97. The molecule has 1 aliphatic rings. The first kappa shape index (κ1) is 46.7. The Morgan fingerprint density at radius 1 is 0.600 bits per heavy atom. The van der Waals surface area contributed by atoms with E-state index in [2.05, 4.69) is 13.8 Å². The van der Waals surface area contributed by atoms with Crippen molar-refractivity contribution in [2.45, 2.75) is 205 Å². The third-order valence-corrected chi connectivity index (χ3v) is 9.94. The first-order chi connectivity index (χ1) is 24.0. The Kier molecular flexibility index (Phi) is 27.2. The highest BCUT2D eigenvalue weighted by molar-refractivity contribution is 7.85. The maximum atomic E-state index is 12.7. The fourth-order valence-corrected chi connectivity index (χ4v) is 6.78. The molecule has 1 saturated heterocycles. The average Bonchev–Trinajstić information content (AvgIpc) is 3.07. The van der Waals surface area contributed by atoms with E-state index in [1.165, 1.54) is 89.9 Å². The molecular weight excluding hydrogens is 668 g/mol. The third-order valence-electron chi connectivity index (χ3n) is 9.19. The van der Waals surface area contributed by atoms with Gasteiger partial charge >= 0.3 is 11.9 Å². The summed E-state index contributed by atoms with van der Waals surface area (Å²) < 4.78 is 53.8. The number of rotatable bonds is 32. The van der Waals surface area contributed by atoms with Gasteiger partial charge in [0.25, 0.3) is 10.1 Å². The van der Waals surface area contributed by atoms with E-state index >= 15 is 0 Å². The lowest BCUT2D eigenvalue weighted by molar-refractivity contribution is -0.297. The van der Waals surface area contributed by atoms with E-state index in [0.717, 1.165) is 38.5 Å². The van der Waals surface area contributed by atoms with Gasteiger partial charge in [-0.05, 0) is 12.8 Å². The van der Waals surface area contributed by atoms with Crippen LogP contribution in [0, 0.1) is 0 Å². The molecule has 4 N–H and O–H groups in total. The number of aliphatic hydroxyl groups is 3. The summed E-state index contributed by atoms with van der Waals surface area (Å²) >= 11 is 0. The Bertz CT molecular complexity index is 962. The minimum Gasteiger partial charge on any atom is -0.462 e. The lowest BCUT2D eigenvalue weighted by Crippen LogP contribution is -2.60. The Morgan fingerprint density at radius 2 is 1.02 bits per heavy atom. The van der Waals surface area contributed by atoms with Gasteiger partial charge in [0, 0.05) is 12.8 Å². The lowest BCUT2D eigenvalue weighted by Gasteiger charge is -2.40. The van der Waals surface area contributed by atoms with Crippen molar-refractivity contribution in [3.63, 3.8) is 0 Å². The Balaban J connectivity index is 2.52. The molecule has 6 atom stereocenters. The normalized spacial score (nSPS) is 21.6. The number of carbonyl (C=O) groups is 2. The average molecular weight is 739 g/mol. The molecule has 0 bridgehead atoms. The van der Waals surface area contributed by atoms with E-state index < -0.39 is 71.2 Å². The van der Waals surface area contributed by atoms with Gasteiger partial charge in [-0.25, -0.2) is 0 Å². The molecule has 1 heterocycles. The molecule has 0 aromatic rings. The maximum Gasteiger partial charge on any atom is 0.306 e. The van der Waals surface area contributed by atoms with Crippen LogP contribution in [0.1, 0.15) is 168 Å². The van der Waals surface area contributed by atoms with E-state index in [0.29, 0.717) is 12.8 Å². The molecule has 1 aliphatic heterocycles. The van der Waals surface area contributed by atoms with Crippen LogP contribution in [0.3, 0.4) is 0 Å². The van der Waals surface area contributed by atoms with Gasteiger partial charge in [-0.1, -0.05) is 142 Å². The van der Waals surface area contributed by atoms with Gasteiger partial charge in [0.15, 0.2) is 12.4 Å². The summed E-state index contributed by atoms with van der Waals surface area (Å²) in [6, 6.07) is 0. The SMILES string of the molecule is CCCCCCCCCCCCCCC(=O)O[C@H](COC(=O)CCCCCCCCCCCC)CO[C@H]1O[C@H](CS(=O)(=O)O)[C@@H](O)C(O)C1O. The quantitative estimate of drug-likeness (QED) is 0.0332. The summed E-state index contributed by atoms with van der Waals surface area (Å²) in [6.45, 7) is 3.72. The van der Waals surface area contributed by atoms with Crippen molar-refractivity contribution in [2.24, 2.45) is 0 Å². The van der Waals surface area contributed by atoms with Crippen LogP contribution in [0.25, 0.3) is 0 Å². The van der Waals surface area contributed by atoms with Gasteiger partial charge in [-0.3, -0.25) is 14.1 Å². The number of ether oxygens (including phenoxy) is 4. The molecule has 0 aromatic heterocycles. The monoisotopic (exact) mass is 738 g/mol. The van der Waals surface area contributed by atoms with Crippen molar-refractivity contribution < 1.29 is 56.8 Å². The van der Waals surface area contributed by atoms with E-state index in [-0.39, 0.29) is 19.4 Å². The summed E-state index contributed by atoms with van der Waals surface area (Å²) in [6.07, 6.45) is 16.0. The summed E-state index contributed by atoms with van der Waals surface area (Å²) in [5, 5.41) is 30.7. The molecule has 0 amide bonds. The van der Waals surface area contributed by atoms with Crippen LogP contribution in [-0.2, 0) is 38.7 Å². The first-order valence-corrected chi connectivity index (χ1v) is 21.2. The van der Waals surface area contributed by atoms with Crippen molar-refractivity contribution >= 4 is 22.1 Å². The predicted octanol–water partition coefficient (Wildman–Crippen LogP) is 6.56. The Morgan fingerprint density at radius 3 is 1.46 bits per heavy atom. The van der Waals surface area contributed by atoms with Gasteiger partial charge in [0.05, 0.1) is 6.61 Å². The standard InChI is InChI=1S/C37H70O12S/c1-3-5-7-9-11-13-15-16-18-20-22-24-26-33(39)48-30(27-46-32(38)25-23-21-19-17-14-12-10-8-6-4-2)28-47-37-36(42)35(41)34(40)31(49-37)29-50(43,44)45/h30-31,34-37,40-42H,3-29H2,1-2H3,(H,43,44,45)/t30-,31-,34-,35?,36?,37+/m1/s1. The molecule has 0 aromatic carbocycles. The zero-order valence-corrected chi connectivity index (χ0v) is 31.8. The third kappa shape index (κ3) is 24.0. The van der Waals surface area contributed by atoms with E-state index in [1.54, 1.807) is 0 Å². The van der Waals surface area contributed by atoms with E-state index in [4.69, 9.17) is 18.9 Å². The van der Waals surface area contributed by atoms with Crippen LogP contribution in [0.15, 0.2) is 0 Å². The summed E-state index contributed by atoms with van der Waals surface area (Å²) in [4.78, 5) is 25.2. The van der Waals surface area contributed by atoms with Crippen LogP contribution in [0.2, 0.25) is 0 Å². The van der Waals surface area contributed by atoms with Crippen LogP contribution < -0.4 is 0 Å². The molecule has 50 heavy (non-hydrogen) atoms. The predicted molar refractivity (Wildman–Crippen MR) is 192 cm³/mol. The van der Waals surface area contributed by atoms with Crippen molar-refractivity contribution in [3.8, 4) is 0 Å². The highest BCUT2D eigenvalue weighted by Crippen LogP contribution is 2.24. The van der Waals surface area contributed by atoms with Crippen molar-refractivity contribution in [1.82, 2.24) is 0 Å². The van der Waals surface area contributed by atoms with Crippen LogP contribution in [0.5, 0.6) is 0 Å². The molecule has 2 unspecified atom stereocenters. The fraction of sp³-hybridized carbons (Fsp3) is 0.946. The number of esters is 2. The lowest BCUT2D eigenvalue weighted by atomic mass is 10.00. The second-order valence-corrected chi connectivity index (χ2v) is 15.5. The van der Waals surface area contributed by atoms with Crippen molar-refractivity contribution in [2.75, 3.05) is 19.0 Å². The molecule has 0 radical (unpaired) electrons. The van der Waals surface area contributed by atoms with Crippen LogP contribution in [-0.4, -0.2) is 96.0 Å². The fourth-order valence-electron chi connectivity index (χ4n) is 6.09. The smallest absolute Gasteiger partial charge is 0.306 e. The second kappa shape index (κ2) is 29.1. The summed E-state index contributed by atoms with van der Waals surface area (Å²) in [5.41, 5.74) is 0. The highest BCUT2D eigenvalue weighted by Gasteiger charge is 2.46. The maximum absolute atomic E-state index is 12.7. The molecule has 13 heteroatoms. The number of hydrogen-bond acceptors (Lipinski definition) is 11. The first-order valence-electron chi connectivity index (χ1n) is 19.6. The number of aliphatic hydroxyl groups excluding tert-OH is 3. The molecule has 0 aliphatic carbocycles. The topological polar surface area (TPSA) is 186 Å². The summed E-state index contributed by atoms with van der Waals surface area (Å²) in [7, 11) is -4.59. The minimum atomic E-state index is -4.59. The largest absolute Gasteiger partial charge is 0.462 e. The van der Waals surface area contributed by atoms with E-state index in [1.807, 2.05) is 0 Å². The molecule has 1 rings (SSSR count). The van der Waals surface area contributed by atoms with Crippen LogP contribution in [0.4, 0.5) is 0 Å². The molecular formula is C37H70O12S. The van der Waals surface area contributed by atoms with Crippen LogP contribution >= 0.6 is 0 Å². The second-order valence-electron chi connectivity index (χ2n) is 14.0. The van der Waals surface area contributed by atoms with Crippen molar-refractivity contribution in [1.29, 1.82) is 0 Å². The molecule has 0 saturated carbocycles. The Labute approximate surface area is 302 Å². The van der Waals surface area contributed by atoms with Crippen molar-refractivity contribution in [3.05, 3.63) is 0 Å². The molecule has 1 fully saturated rings. The molecule has 0 spiro atoms. The number of unbranched alkanes of at least 4 members (excludes halogenated alkanes) is 20. The van der Waals surface area contributed by atoms with E-state index in [9.17, 15) is 37.9 Å². The zero-order valence-electron chi connectivity index (χ0n) is 31.0. The van der Waals surface area contributed by atoms with Gasteiger partial charge in [-0.2, -0.15) is 8.42 Å².